The van der Waals surface area contributed by atoms with Gasteiger partial charge in [-0.2, -0.15) is 0 Å². The molecule has 1 aromatic rings. The Balaban J connectivity index is 2.94. The molecule has 1 unspecified atom stereocenters. The van der Waals surface area contributed by atoms with Crippen LogP contribution in [0.25, 0.3) is 0 Å². The molecule has 0 saturated carbocycles. The predicted octanol–water partition coefficient (Wildman–Crippen LogP) is 4.02. The second-order valence-electron chi connectivity index (χ2n) is 4.98. The number of rotatable bonds is 7. The van der Waals surface area contributed by atoms with E-state index >= 15 is 0 Å². The second kappa shape index (κ2) is 7.61. The summed E-state index contributed by atoms with van der Waals surface area (Å²) in [4.78, 5) is 0. The molecule has 0 saturated heterocycles. The number of hydrogen-bond donors (Lipinski definition) is 1. The number of nitrogens with one attached hydrogen (secondary N) is 1. The number of methoxy groups -OCH3 is 1. The quantitative estimate of drug-likeness (QED) is 0.821. The number of benzene rings is 1. The molecule has 0 aliphatic rings. The van der Waals surface area contributed by atoms with Gasteiger partial charge in [-0.3, -0.25) is 0 Å². The van der Waals surface area contributed by atoms with Gasteiger partial charge in [-0.15, -0.1) is 0 Å². The van der Waals surface area contributed by atoms with E-state index < -0.39 is 0 Å². The molecule has 0 fully saturated rings. The Bertz CT molecular complexity index is 407. The number of hydrogen-bond acceptors (Lipinski definition) is 3. The van der Waals surface area contributed by atoms with E-state index in [9.17, 15) is 0 Å². The minimum absolute atomic E-state index is 0.117. The molecular formula is C15H24ClNO2. The lowest BCUT2D eigenvalue weighted by atomic mass is 10.2. The fourth-order valence-electron chi connectivity index (χ4n) is 1.60. The van der Waals surface area contributed by atoms with Gasteiger partial charge in [-0.25, -0.2) is 0 Å². The molecule has 1 aromatic carbocycles. The van der Waals surface area contributed by atoms with Gasteiger partial charge >= 0.3 is 0 Å². The number of ether oxygens (including phenoxy) is 2. The van der Waals surface area contributed by atoms with Crippen LogP contribution in [0.15, 0.2) is 12.1 Å². The zero-order chi connectivity index (χ0) is 14.4. The van der Waals surface area contributed by atoms with Crippen LogP contribution < -0.4 is 14.8 Å². The van der Waals surface area contributed by atoms with E-state index in [0.29, 0.717) is 22.6 Å². The molecule has 3 nitrogen and oxygen atoms in total. The standard InChI is InChI=1S/C15H24ClNO2/c1-6-11(4)19-15-13(16)7-12(8-14(15)18-5)9-17-10(2)3/h7-8,10-11,17H,6,9H2,1-5H3. The van der Waals surface area contributed by atoms with E-state index in [1.165, 1.54) is 0 Å². The summed E-state index contributed by atoms with van der Waals surface area (Å²) in [6.45, 7) is 9.08. The van der Waals surface area contributed by atoms with Gasteiger partial charge in [0.05, 0.1) is 18.2 Å². The van der Waals surface area contributed by atoms with E-state index in [0.717, 1.165) is 18.5 Å². The first-order valence-electron chi connectivity index (χ1n) is 6.74. The normalized spacial score (nSPS) is 12.6. The Morgan fingerprint density at radius 2 is 1.95 bits per heavy atom. The lowest BCUT2D eigenvalue weighted by Gasteiger charge is -2.18. The van der Waals surface area contributed by atoms with E-state index in [-0.39, 0.29) is 6.10 Å². The molecule has 1 rings (SSSR count). The topological polar surface area (TPSA) is 30.5 Å². The minimum atomic E-state index is 0.117. The smallest absolute Gasteiger partial charge is 0.180 e. The van der Waals surface area contributed by atoms with Crippen molar-refractivity contribution in [1.82, 2.24) is 5.32 Å². The summed E-state index contributed by atoms with van der Waals surface area (Å²) >= 11 is 6.30. The van der Waals surface area contributed by atoms with Crippen molar-refractivity contribution in [3.8, 4) is 11.5 Å². The summed E-state index contributed by atoms with van der Waals surface area (Å²) in [6.07, 6.45) is 1.04. The van der Waals surface area contributed by atoms with Crippen molar-refractivity contribution in [2.45, 2.75) is 52.8 Å². The number of halogens is 1. The van der Waals surface area contributed by atoms with Crippen LogP contribution in [0.1, 0.15) is 39.7 Å². The van der Waals surface area contributed by atoms with Gasteiger partial charge in [0.25, 0.3) is 0 Å². The molecule has 0 amide bonds. The fourth-order valence-corrected chi connectivity index (χ4v) is 1.87. The zero-order valence-corrected chi connectivity index (χ0v) is 13.2. The summed E-state index contributed by atoms with van der Waals surface area (Å²) in [6, 6.07) is 4.33. The van der Waals surface area contributed by atoms with Gasteiger partial charge in [0.15, 0.2) is 11.5 Å². The van der Waals surface area contributed by atoms with E-state index in [2.05, 4.69) is 26.1 Å². The molecule has 4 heteroatoms. The highest BCUT2D eigenvalue weighted by atomic mass is 35.5. The molecule has 108 valence electrons. The lowest BCUT2D eigenvalue weighted by molar-refractivity contribution is 0.207. The fraction of sp³-hybridized carbons (Fsp3) is 0.600. The third-order valence-electron chi connectivity index (χ3n) is 2.90. The summed E-state index contributed by atoms with van der Waals surface area (Å²) < 4.78 is 11.2. The third-order valence-corrected chi connectivity index (χ3v) is 3.18. The second-order valence-corrected chi connectivity index (χ2v) is 5.39. The average molecular weight is 286 g/mol. The summed E-state index contributed by atoms with van der Waals surface area (Å²) in [7, 11) is 1.63. The van der Waals surface area contributed by atoms with Gasteiger partial charge < -0.3 is 14.8 Å². The monoisotopic (exact) mass is 285 g/mol. The van der Waals surface area contributed by atoms with Crippen LogP contribution in [0.5, 0.6) is 11.5 Å². The van der Waals surface area contributed by atoms with Crippen molar-refractivity contribution in [1.29, 1.82) is 0 Å². The van der Waals surface area contributed by atoms with Crippen LogP contribution in [0, 0.1) is 0 Å². The Labute approximate surface area is 121 Å². The average Bonchev–Trinajstić information content (AvgIpc) is 2.38. The van der Waals surface area contributed by atoms with E-state index in [1.54, 1.807) is 7.11 Å². The zero-order valence-electron chi connectivity index (χ0n) is 12.4. The molecule has 1 atom stereocenters. The maximum absolute atomic E-state index is 6.30. The molecule has 0 spiro atoms. The maximum Gasteiger partial charge on any atom is 0.180 e. The van der Waals surface area contributed by atoms with Crippen molar-refractivity contribution >= 4 is 11.6 Å². The highest BCUT2D eigenvalue weighted by Crippen LogP contribution is 2.37. The van der Waals surface area contributed by atoms with Crippen LogP contribution in [0.3, 0.4) is 0 Å². The summed E-state index contributed by atoms with van der Waals surface area (Å²) in [5.74, 6) is 1.32. The maximum atomic E-state index is 6.30. The SMILES string of the molecule is CCC(C)Oc1c(Cl)cc(CNC(C)C)cc1OC. The van der Waals surface area contributed by atoms with Crippen molar-refractivity contribution in [2.75, 3.05) is 7.11 Å². The van der Waals surface area contributed by atoms with Gasteiger partial charge in [0, 0.05) is 12.6 Å². The molecular weight excluding hydrogens is 262 g/mol. The highest BCUT2D eigenvalue weighted by Gasteiger charge is 2.14. The predicted molar refractivity (Wildman–Crippen MR) is 80.4 cm³/mol. The first-order valence-corrected chi connectivity index (χ1v) is 7.12. The Morgan fingerprint density at radius 1 is 1.26 bits per heavy atom. The first kappa shape index (κ1) is 16.1. The Kier molecular flexibility index (Phi) is 6.46. The van der Waals surface area contributed by atoms with Gasteiger partial charge in [0.2, 0.25) is 0 Å². The largest absolute Gasteiger partial charge is 0.493 e. The Morgan fingerprint density at radius 3 is 2.47 bits per heavy atom. The van der Waals surface area contributed by atoms with Crippen LogP contribution in [0.4, 0.5) is 0 Å². The molecule has 1 N–H and O–H groups in total. The van der Waals surface area contributed by atoms with E-state index in [1.807, 2.05) is 19.1 Å². The molecule has 0 aliphatic carbocycles. The Hall–Kier alpha value is -0.930. The molecule has 0 aliphatic heterocycles. The minimum Gasteiger partial charge on any atom is -0.493 e. The molecule has 0 aromatic heterocycles. The van der Waals surface area contributed by atoms with Gasteiger partial charge in [0.1, 0.15) is 0 Å². The van der Waals surface area contributed by atoms with E-state index in [4.69, 9.17) is 21.1 Å². The summed E-state index contributed by atoms with van der Waals surface area (Å²) in [5.41, 5.74) is 1.09. The van der Waals surface area contributed by atoms with Gasteiger partial charge in [-0.05, 0) is 31.0 Å². The first-order chi connectivity index (χ1) is 8.97. The van der Waals surface area contributed by atoms with Crippen molar-refractivity contribution in [3.63, 3.8) is 0 Å². The van der Waals surface area contributed by atoms with Crippen LogP contribution in [-0.2, 0) is 6.54 Å². The molecule has 19 heavy (non-hydrogen) atoms. The van der Waals surface area contributed by atoms with Crippen molar-refractivity contribution in [3.05, 3.63) is 22.7 Å². The third kappa shape index (κ3) is 4.92. The molecule has 0 heterocycles. The summed E-state index contributed by atoms with van der Waals surface area (Å²) in [5, 5.41) is 3.95. The van der Waals surface area contributed by atoms with Crippen LogP contribution in [-0.4, -0.2) is 19.3 Å². The van der Waals surface area contributed by atoms with Crippen LogP contribution in [0.2, 0.25) is 5.02 Å². The van der Waals surface area contributed by atoms with Gasteiger partial charge in [-0.1, -0.05) is 32.4 Å². The molecule has 0 radical (unpaired) electrons. The van der Waals surface area contributed by atoms with Crippen molar-refractivity contribution in [2.24, 2.45) is 0 Å². The molecule has 0 bridgehead atoms. The highest BCUT2D eigenvalue weighted by molar-refractivity contribution is 6.32. The lowest BCUT2D eigenvalue weighted by Crippen LogP contribution is -2.21. The van der Waals surface area contributed by atoms with Crippen LogP contribution >= 0.6 is 11.6 Å². The van der Waals surface area contributed by atoms with Crippen molar-refractivity contribution < 1.29 is 9.47 Å².